The van der Waals surface area contributed by atoms with E-state index in [-0.39, 0.29) is 37.3 Å². The first-order valence-corrected chi connectivity index (χ1v) is 15.9. The minimum atomic E-state index is -5.03. The molecule has 268 valence electrons. The number of benzene rings is 2. The van der Waals surface area contributed by atoms with Crippen LogP contribution in [0.3, 0.4) is 0 Å². The first-order chi connectivity index (χ1) is 22.7. The van der Waals surface area contributed by atoms with Gasteiger partial charge in [0.1, 0.15) is 5.60 Å². The standard InChI is InChI=1S/C33H40F6N6O4/c1-30(2,3)48-11-10-45-41-28(40-42-45)44(17-20-12-23(32(34,35)36)16-24(13-20)33(37,38)39)26-8-7-9-43(29(46)49-31(4,5)6)27-15-22-19-47-18-21(22)14-25(26)27/h12-16,26H,7-11,17-19H2,1-6H3. The van der Waals surface area contributed by atoms with Gasteiger partial charge in [0.25, 0.3) is 5.95 Å². The molecule has 16 heteroatoms. The number of halogens is 6. The third-order valence-corrected chi connectivity index (χ3v) is 7.89. The van der Waals surface area contributed by atoms with Crippen LogP contribution >= 0.6 is 0 Å². The number of tetrazole rings is 1. The summed E-state index contributed by atoms with van der Waals surface area (Å²) in [6.45, 7) is 11.7. The Kier molecular flexibility index (Phi) is 9.96. The lowest BCUT2D eigenvalue weighted by Gasteiger charge is -2.33. The van der Waals surface area contributed by atoms with E-state index in [1.165, 1.54) is 9.70 Å². The monoisotopic (exact) mass is 698 g/mol. The minimum absolute atomic E-state index is 0.0138. The van der Waals surface area contributed by atoms with Gasteiger partial charge in [-0.2, -0.15) is 31.1 Å². The summed E-state index contributed by atoms with van der Waals surface area (Å²) in [5.74, 6) is -0.0138. The molecule has 1 unspecified atom stereocenters. The van der Waals surface area contributed by atoms with Gasteiger partial charge >= 0.3 is 18.4 Å². The Morgan fingerprint density at radius 1 is 0.918 bits per heavy atom. The number of hydrogen-bond acceptors (Lipinski definition) is 8. The zero-order valence-electron chi connectivity index (χ0n) is 28.2. The van der Waals surface area contributed by atoms with Crippen LogP contribution in [0.25, 0.3) is 0 Å². The quantitative estimate of drug-likeness (QED) is 0.231. The Balaban J connectivity index is 1.62. The predicted octanol–water partition coefficient (Wildman–Crippen LogP) is 7.84. The molecular weight excluding hydrogens is 658 g/mol. The highest BCUT2D eigenvalue weighted by molar-refractivity contribution is 5.90. The van der Waals surface area contributed by atoms with E-state index in [0.29, 0.717) is 49.4 Å². The maximum absolute atomic E-state index is 13.9. The van der Waals surface area contributed by atoms with Gasteiger partial charge in [-0.25, -0.2) is 4.79 Å². The zero-order chi connectivity index (χ0) is 35.9. The lowest BCUT2D eigenvalue weighted by atomic mass is 9.95. The number of amides is 1. The van der Waals surface area contributed by atoms with Crippen LogP contribution in [-0.4, -0.2) is 50.7 Å². The summed E-state index contributed by atoms with van der Waals surface area (Å²) >= 11 is 0. The van der Waals surface area contributed by atoms with Crippen molar-refractivity contribution in [2.24, 2.45) is 0 Å². The van der Waals surface area contributed by atoms with Crippen LogP contribution < -0.4 is 9.80 Å². The van der Waals surface area contributed by atoms with E-state index >= 15 is 0 Å². The number of hydrogen-bond donors (Lipinski definition) is 0. The third kappa shape index (κ3) is 9.01. The van der Waals surface area contributed by atoms with E-state index in [2.05, 4.69) is 15.4 Å². The van der Waals surface area contributed by atoms with E-state index in [1.54, 1.807) is 25.7 Å². The first kappa shape index (κ1) is 36.4. The Hall–Kier alpha value is -3.92. The average molecular weight is 699 g/mol. The highest BCUT2D eigenvalue weighted by Gasteiger charge is 2.39. The van der Waals surface area contributed by atoms with E-state index in [4.69, 9.17) is 14.2 Å². The number of alkyl halides is 6. The van der Waals surface area contributed by atoms with Crippen LogP contribution in [0.15, 0.2) is 30.3 Å². The van der Waals surface area contributed by atoms with Crippen molar-refractivity contribution in [3.8, 4) is 0 Å². The van der Waals surface area contributed by atoms with Crippen LogP contribution in [0.1, 0.15) is 93.8 Å². The minimum Gasteiger partial charge on any atom is -0.443 e. The molecule has 3 heterocycles. The molecule has 1 atom stereocenters. The van der Waals surface area contributed by atoms with Gasteiger partial charge < -0.3 is 19.1 Å². The summed E-state index contributed by atoms with van der Waals surface area (Å²) in [4.78, 5) is 17.8. The van der Waals surface area contributed by atoms with Gasteiger partial charge in [-0.1, -0.05) is 5.10 Å². The summed E-state index contributed by atoms with van der Waals surface area (Å²) in [7, 11) is 0. The van der Waals surface area contributed by atoms with E-state index in [9.17, 15) is 31.1 Å². The summed E-state index contributed by atoms with van der Waals surface area (Å²) in [6, 6.07) is 4.50. The van der Waals surface area contributed by atoms with Gasteiger partial charge in [0, 0.05) is 13.1 Å². The molecule has 10 nitrogen and oxygen atoms in total. The van der Waals surface area contributed by atoms with Crippen molar-refractivity contribution in [2.45, 2.75) is 110 Å². The molecule has 0 saturated heterocycles. The Morgan fingerprint density at radius 2 is 1.55 bits per heavy atom. The number of nitrogens with zero attached hydrogens (tertiary/aromatic N) is 6. The highest BCUT2D eigenvalue weighted by Crippen LogP contribution is 2.43. The summed E-state index contributed by atoms with van der Waals surface area (Å²) in [5, 5.41) is 12.8. The predicted molar refractivity (Wildman–Crippen MR) is 167 cm³/mol. The smallest absolute Gasteiger partial charge is 0.416 e. The summed E-state index contributed by atoms with van der Waals surface area (Å²) in [6.07, 6.45) is -9.88. The molecule has 1 aromatic heterocycles. The lowest BCUT2D eigenvalue weighted by molar-refractivity contribution is -0.143. The number of carbonyl (C=O) groups is 1. The van der Waals surface area contributed by atoms with Crippen molar-refractivity contribution in [1.82, 2.24) is 20.2 Å². The number of ether oxygens (including phenoxy) is 3. The van der Waals surface area contributed by atoms with Crippen LogP contribution in [0, 0.1) is 0 Å². The molecule has 0 fully saturated rings. The van der Waals surface area contributed by atoms with Crippen LogP contribution in [-0.2, 0) is 52.9 Å². The van der Waals surface area contributed by atoms with Gasteiger partial charge in [-0.15, -0.1) is 5.10 Å². The summed E-state index contributed by atoms with van der Waals surface area (Å²) < 4.78 is 100. The van der Waals surface area contributed by atoms with Gasteiger partial charge in [-0.05, 0) is 112 Å². The van der Waals surface area contributed by atoms with E-state index in [1.807, 2.05) is 32.9 Å². The molecule has 0 spiro atoms. The maximum Gasteiger partial charge on any atom is 0.416 e. The molecule has 2 aliphatic rings. The average Bonchev–Trinajstić information content (AvgIpc) is 3.58. The van der Waals surface area contributed by atoms with Crippen molar-refractivity contribution in [3.05, 3.63) is 63.7 Å². The second kappa shape index (κ2) is 13.4. The molecule has 1 amide bonds. The Labute approximate surface area is 280 Å². The zero-order valence-corrected chi connectivity index (χ0v) is 28.2. The van der Waals surface area contributed by atoms with E-state index < -0.39 is 53.4 Å². The van der Waals surface area contributed by atoms with Crippen molar-refractivity contribution in [3.63, 3.8) is 0 Å². The van der Waals surface area contributed by atoms with Crippen molar-refractivity contribution in [2.75, 3.05) is 23.0 Å². The molecule has 0 N–H and O–H groups in total. The number of carbonyl (C=O) groups excluding carboxylic acids is 1. The van der Waals surface area contributed by atoms with Crippen molar-refractivity contribution < 1.29 is 45.3 Å². The summed E-state index contributed by atoms with van der Waals surface area (Å²) in [5.41, 5.74) is -1.55. The van der Waals surface area contributed by atoms with Crippen LogP contribution in [0.5, 0.6) is 0 Å². The molecule has 0 saturated carbocycles. The number of fused-ring (bicyclic) bond motifs is 2. The highest BCUT2D eigenvalue weighted by atomic mass is 19.4. The van der Waals surface area contributed by atoms with Gasteiger partial charge in [0.05, 0.1) is 54.8 Å². The van der Waals surface area contributed by atoms with Gasteiger partial charge in [-0.3, -0.25) is 4.90 Å². The Bertz CT molecular complexity index is 1630. The van der Waals surface area contributed by atoms with Crippen molar-refractivity contribution >= 4 is 17.7 Å². The van der Waals surface area contributed by atoms with Gasteiger partial charge in [0.2, 0.25) is 0 Å². The van der Waals surface area contributed by atoms with Gasteiger partial charge in [0.15, 0.2) is 0 Å². The fraction of sp³-hybridized carbons (Fsp3) is 0.576. The number of aromatic nitrogens is 4. The van der Waals surface area contributed by atoms with Crippen LogP contribution in [0.4, 0.5) is 42.8 Å². The molecular formula is C33H40F6N6O4. The molecule has 0 aliphatic carbocycles. The fourth-order valence-corrected chi connectivity index (χ4v) is 5.79. The normalized spacial score (nSPS) is 17.1. The molecule has 2 aromatic carbocycles. The molecule has 0 radical (unpaired) electrons. The third-order valence-electron chi connectivity index (χ3n) is 7.89. The SMILES string of the molecule is CC(C)(C)OCCn1nnc(N(Cc2cc(C(F)(F)F)cc(C(F)(F)F)c2)C2CCCN(C(=O)OC(C)(C)C)c3cc4c(cc32)COC4)n1. The fourth-order valence-electron chi connectivity index (χ4n) is 5.79. The molecule has 0 bridgehead atoms. The van der Waals surface area contributed by atoms with E-state index in [0.717, 1.165) is 11.1 Å². The number of anilines is 2. The molecule has 2 aliphatic heterocycles. The topological polar surface area (TPSA) is 94.8 Å². The maximum atomic E-state index is 13.9. The largest absolute Gasteiger partial charge is 0.443 e. The number of rotatable bonds is 7. The first-order valence-electron chi connectivity index (χ1n) is 15.9. The molecule has 49 heavy (non-hydrogen) atoms. The molecule has 5 rings (SSSR count). The lowest BCUT2D eigenvalue weighted by Crippen LogP contribution is -2.37. The Morgan fingerprint density at radius 3 is 2.14 bits per heavy atom. The molecule has 3 aromatic rings. The van der Waals surface area contributed by atoms with Crippen molar-refractivity contribution in [1.29, 1.82) is 0 Å². The second-order valence-corrected chi connectivity index (χ2v) is 14.2. The van der Waals surface area contributed by atoms with Crippen LogP contribution in [0.2, 0.25) is 0 Å². The second-order valence-electron chi connectivity index (χ2n) is 14.2.